The number of nitrogens with zero attached hydrogens (tertiary/aromatic N) is 1. The molecule has 0 radical (unpaired) electrons. The van der Waals surface area contributed by atoms with Crippen molar-refractivity contribution in [3.63, 3.8) is 0 Å². The van der Waals surface area contributed by atoms with Gasteiger partial charge < -0.3 is 20.1 Å². The van der Waals surface area contributed by atoms with Gasteiger partial charge in [-0.15, -0.1) is 0 Å². The predicted molar refractivity (Wildman–Crippen MR) is 113 cm³/mol. The van der Waals surface area contributed by atoms with Gasteiger partial charge in [0.05, 0.1) is 20.3 Å². The molecule has 7 heteroatoms. The van der Waals surface area contributed by atoms with Crippen molar-refractivity contribution in [1.29, 1.82) is 0 Å². The van der Waals surface area contributed by atoms with Gasteiger partial charge >= 0.3 is 0 Å². The van der Waals surface area contributed by atoms with Crippen LogP contribution in [0.5, 0.6) is 5.75 Å². The molecule has 1 aliphatic heterocycles. The van der Waals surface area contributed by atoms with E-state index in [0.29, 0.717) is 23.8 Å². The lowest BCUT2D eigenvalue weighted by molar-refractivity contribution is -0.124. The molecule has 1 saturated heterocycles. The summed E-state index contributed by atoms with van der Waals surface area (Å²) in [6, 6.07) is 6.49. The molecule has 0 spiro atoms. The molecule has 0 aromatic heterocycles. The van der Waals surface area contributed by atoms with E-state index in [9.17, 15) is 9.59 Å². The van der Waals surface area contributed by atoms with Crippen LogP contribution < -0.4 is 15.4 Å². The fourth-order valence-electron chi connectivity index (χ4n) is 3.51. The summed E-state index contributed by atoms with van der Waals surface area (Å²) in [5.74, 6) is 0.635. The van der Waals surface area contributed by atoms with E-state index in [1.54, 1.807) is 31.4 Å². The number of carbonyl (C=O) groups is 2. The summed E-state index contributed by atoms with van der Waals surface area (Å²) in [6.45, 7) is 11.9. The van der Waals surface area contributed by atoms with E-state index in [1.165, 1.54) is 0 Å². The van der Waals surface area contributed by atoms with Crippen molar-refractivity contribution in [2.45, 2.75) is 39.8 Å². The predicted octanol–water partition coefficient (Wildman–Crippen LogP) is 1.92. The monoisotopic (exact) mass is 405 g/mol. The van der Waals surface area contributed by atoms with E-state index in [-0.39, 0.29) is 23.8 Å². The second-order valence-electron chi connectivity index (χ2n) is 8.13. The van der Waals surface area contributed by atoms with Crippen molar-refractivity contribution in [1.82, 2.24) is 15.5 Å². The Labute approximate surface area is 174 Å². The normalized spacial score (nSPS) is 17.1. The number of morpholine rings is 1. The molecule has 1 aromatic carbocycles. The Morgan fingerprint density at radius 3 is 2.21 bits per heavy atom. The highest BCUT2D eigenvalue weighted by Crippen LogP contribution is 2.14. The van der Waals surface area contributed by atoms with Crippen LogP contribution in [0.1, 0.15) is 38.1 Å². The second-order valence-corrected chi connectivity index (χ2v) is 8.13. The van der Waals surface area contributed by atoms with E-state index >= 15 is 0 Å². The molecule has 1 fully saturated rings. The lowest BCUT2D eigenvalue weighted by atomic mass is 10.00. The fraction of sp³-hybridized carbons (Fsp3) is 0.636. The van der Waals surface area contributed by atoms with Crippen LogP contribution in [0, 0.1) is 11.8 Å². The van der Waals surface area contributed by atoms with Gasteiger partial charge in [-0.1, -0.05) is 27.7 Å². The molecule has 7 nitrogen and oxygen atoms in total. The van der Waals surface area contributed by atoms with Gasteiger partial charge in [0.2, 0.25) is 5.91 Å². The first kappa shape index (κ1) is 23.2. The van der Waals surface area contributed by atoms with Crippen molar-refractivity contribution >= 4 is 11.8 Å². The lowest BCUT2D eigenvalue weighted by Crippen LogP contribution is -2.55. The zero-order chi connectivity index (χ0) is 21.4. The zero-order valence-electron chi connectivity index (χ0n) is 18.2. The average Bonchev–Trinajstić information content (AvgIpc) is 2.72. The summed E-state index contributed by atoms with van der Waals surface area (Å²) in [5, 5.41) is 5.94. The van der Waals surface area contributed by atoms with Gasteiger partial charge in [-0.2, -0.15) is 0 Å². The molecule has 162 valence electrons. The minimum atomic E-state index is -0.595. The fourth-order valence-corrected chi connectivity index (χ4v) is 3.51. The van der Waals surface area contributed by atoms with Gasteiger partial charge in [0.15, 0.2) is 0 Å². The smallest absolute Gasteiger partial charge is 0.251 e. The number of rotatable bonds is 9. The third-order valence-corrected chi connectivity index (χ3v) is 5.36. The highest BCUT2D eigenvalue weighted by molar-refractivity contribution is 5.97. The molecule has 0 bridgehead atoms. The zero-order valence-corrected chi connectivity index (χ0v) is 18.2. The summed E-state index contributed by atoms with van der Waals surface area (Å²) in [5.41, 5.74) is 0.498. The van der Waals surface area contributed by atoms with Gasteiger partial charge in [-0.3, -0.25) is 14.5 Å². The highest BCUT2D eigenvalue weighted by Gasteiger charge is 2.28. The number of hydrogen-bond donors (Lipinski definition) is 2. The van der Waals surface area contributed by atoms with E-state index in [0.717, 1.165) is 26.3 Å². The van der Waals surface area contributed by atoms with Gasteiger partial charge in [-0.05, 0) is 36.1 Å². The minimum absolute atomic E-state index is 0.0296. The Kier molecular flexibility index (Phi) is 8.92. The van der Waals surface area contributed by atoms with Crippen LogP contribution in [0.3, 0.4) is 0 Å². The molecule has 1 aliphatic rings. The molecule has 2 rings (SSSR count). The third kappa shape index (κ3) is 6.72. The van der Waals surface area contributed by atoms with E-state index in [4.69, 9.17) is 9.47 Å². The second kappa shape index (κ2) is 11.2. The quantitative estimate of drug-likeness (QED) is 0.656. The summed E-state index contributed by atoms with van der Waals surface area (Å²) in [6.07, 6.45) is 0. The van der Waals surface area contributed by atoms with Crippen LogP contribution in [0.4, 0.5) is 0 Å². The molecule has 29 heavy (non-hydrogen) atoms. The van der Waals surface area contributed by atoms with Crippen LogP contribution in [0.25, 0.3) is 0 Å². The maximum atomic E-state index is 12.9. The van der Waals surface area contributed by atoms with Crippen LogP contribution >= 0.6 is 0 Å². The number of benzene rings is 1. The SMILES string of the molecule is COc1ccc(C(=O)NC(C(=O)NCC(C(C)C)N2CCOCC2)C(C)C)cc1. The Morgan fingerprint density at radius 1 is 1.07 bits per heavy atom. The first-order valence-electron chi connectivity index (χ1n) is 10.4. The molecule has 0 saturated carbocycles. The lowest BCUT2D eigenvalue weighted by Gasteiger charge is -2.37. The highest BCUT2D eigenvalue weighted by atomic mass is 16.5. The Morgan fingerprint density at radius 2 is 1.69 bits per heavy atom. The Balaban J connectivity index is 1.97. The largest absolute Gasteiger partial charge is 0.497 e. The summed E-state index contributed by atoms with van der Waals surface area (Å²) in [7, 11) is 1.58. The topological polar surface area (TPSA) is 79.9 Å². The van der Waals surface area contributed by atoms with E-state index < -0.39 is 6.04 Å². The maximum absolute atomic E-state index is 12.9. The molecule has 2 N–H and O–H groups in total. The first-order chi connectivity index (χ1) is 13.8. The number of carbonyl (C=O) groups excluding carboxylic acids is 2. The van der Waals surface area contributed by atoms with E-state index in [1.807, 2.05) is 13.8 Å². The maximum Gasteiger partial charge on any atom is 0.251 e. The number of hydrogen-bond acceptors (Lipinski definition) is 5. The Bertz CT molecular complexity index is 655. The number of nitrogens with one attached hydrogen (secondary N) is 2. The number of amides is 2. The summed E-state index contributed by atoms with van der Waals surface area (Å²) >= 11 is 0. The van der Waals surface area contributed by atoms with Crippen molar-refractivity contribution in [2.24, 2.45) is 11.8 Å². The van der Waals surface area contributed by atoms with Gasteiger partial charge in [0, 0.05) is 31.2 Å². The van der Waals surface area contributed by atoms with Crippen molar-refractivity contribution in [3.8, 4) is 5.75 Å². The molecule has 1 aromatic rings. The molecule has 2 amide bonds. The molecule has 2 unspecified atom stereocenters. The van der Waals surface area contributed by atoms with E-state index in [2.05, 4.69) is 29.4 Å². The Hall–Kier alpha value is -2.12. The molecular weight excluding hydrogens is 370 g/mol. The van der Waals surface area contributed by atoms with Crippen LogP contribution in [0.2, 0.25) is 0 Å². The van der Waals surface area contributed by atoms with Crippen molar-refractivity contribution in [2.75, 3.05) is 40.0 Å². The van der Waals surface area contributed by atoms with Crippen molar-refractivity contribution < 1.29 is 19.1 Å². The van der Waals surface area contributed by atoms with Gasteiger partial charge in [0.1, 0.15) is 11.8 Å². The standard InChI is InChI=1S/C22H35N3O4/c1-15(2)19(25-10-12-29-13-11-25)14-23-22(27)20(16(3)4)24-21(26)17-6-8-18(28-5)9-7-17/h6-9,15-16,19-20H,10-14H2,1-5H3,(H,23,27)(H,24,26). The van der Waals surface area contributed by atoms with Gasteiger partial charge in [0.25, 0.3) is 5.91 Å². The van der Waals surface area contributed by atoms with Gasteiger partial charge in [-0.25, -0.2) is 0 Å². The molecule has 2 atom stereocenters. The van der Waals surface area contributed by atoms with Crippen LogP contribution in [-0.2, 0) is 9.53 Å². The number of ether oxygens (including phenoxy) is 2. The average molecular weight is 406 g/mol. The summed E-state index contributed by atoms with van der Waals surface area (Å²) in [4.78, 5) is 27.8. The molecule has 0 aliphatic carbocycles. The number of methoxy groups -OCH3 is 1. The van der Waals surface area contributed by atoms with Crippen molar-refractivity contribution in [3.05, 3.63) is 29.8 Å². The first-order valence-corrected chi connectivity index (χ1v) is 10.4. The minimum Gasteiger partial charge on any atom is -0.497 e. The summed E-state index contributed by atoms with van der Waals surface area (Å²) < 4.78 is 10.6. The molecular formula is C22H35N3O4. The molecule has 1 heterocycles. The third-order valence-electron chi connectivity index (χ3n) is 5.36. The van der Waals surface area contributed by atoms with Crippen LogP contribution in [-0.4, -0.2) is 68.8 Å². The van der Waals surface area contributed by atoms with Crippen LogP contribution in [0.15, 0.2) is 24.3 Å².